The molecule has 1 unspecified atom stereocenters. The molecule has 2 aromatic heterocycles. The topological polar surface area (TPSA) is 81.2 Å². The summed E-state index contributed by atoms with van der Waals surface area (Å²) in [5.41, 5.74) is 14.2. The number of para-hydroxylation sites is 2. The van der Waals surface area contributed by atoms with E-state index in [2.05, 4.69) is 133 Å². The summed E-state index contributed by atoms with van der Waals surface area (Å²) < 4.78 is 4.49. The van der Waals surface area contributed by atoms with Crippen LogP contribution in [-0.2, 0) is 0 Å². The molecule has 0 radical (unpaired) electrons. The molecule has 0 spiro atoms. The van der Waals surface area contributed by atoms with Crippen LogP contribution in [0, 0.1) is 46.8 Å². The molecule has 0 bridgehead atoms. The van der Waals surface area contributed by atoms with Gasteiger partial charge in [0.25, 0.3) is 0 Å². The third-order valence-electron chi connectivity index (χ3n) is 10.4. The van der Waals surface area contributed by atoms with Crippen molar-refractivity contribution in [1.82, 2.24) is 9.13 Å². The summed E-state index contributed by atoms with van der Waals surface area (Å²) in [6.45, 7) is 10.4. The van der Waals surface area contributed by atoms with Crippen LogP contribution in [0.15, 0.2) is 139 Å². The Kier molecular flexibility index (Phi) is 8.23. The minimum absolute atomic E-state index is 0.000829. The molecule has 1 aliphatic rings. The first-order chi connectivity index (χ1) is 25.8. The Morgan fingerprint density at radius 2 is 1.53 bits per heavy atom. The zero-order chi connectivity index (χ0) is 36.8. The highest BCUT2D eigenvalue weighted by Crippen LogP contribution is 2.42. The van der Waals surface area contributed by atoms with E-state index in [1.54, 1.807) is 0 Å². The Morgan fingerprint density at radius 1 is 0.774 bits per heavy atom. The number of rotatable bonds is 6. The molecule has 5 nitrogen and oxygen atoms in total. The molecule has 0 fully saturated rings. The van der Waals surface area contributed by atoms with Crippen molar-refractivity contribution in [1.29, 1.82) is 15.8 Å². The number of aromatic nitrogens is 2. The van der Waals surface area contributed by atoms with E-state index in [0.29, 0.717) is 11.1 Å². The molecule has 0 aliphatic heterocycles. The molecule has 0 N–H and O–H groups in total. The van der Waals surface area contributed by atoms with E-state index >= 15 is 0 Å². The molecular weight excluding hydrogens is 647 g/mol. The highest BCUT2D eigenvalue weighted by Gasteiger charge is 2.26. The predicted octanol–water partition coefficient (Wildman–Crippen LogP) is 11.8. The molecule has 0 saturated heterocycles. The number of hydrogen-bond acceptors (Lipinski definition) is 3. The second-order valence-electron chi connectivity index (χ2n) is 13.8. The first-order valence-electron chi connectivity index (χ1n) is 17.7. The minimum Gasteiger partial charge on any atom is -0.313 e. The average molecular weight is 682 g/mol. The SMILES string of the molecule is C=C(C)/C=C\c1c(C)n(-c2ccccc2C2=C(C#N)C(C)CC(c3cccc(-n4c5ccc(C#N)cc5c5c(C#N)cccc54)c3)=C2)c2ccccc12. The van der Waals surface area contributed by atoms with Gasteiger partial charge in [0.2, 0.25) is 0 Å². The summed E-state index contributed by atoms with van der Waals surface area (Å²) in [6, 6.07) is 43.9. The van der Waals surface area contributed by atoms with Crippen LogP contribution in [0.3, 0.4) is 0 Å². The second-order valence-corrected chi connectivity index (χ2v) is 13.8. The average Bonchev–Trinajstić information content (AvgIpc) is 3.67. The number of nitriles is 3. The van der Waals surface area contributed by atoms with Gasteiger partial charge in [-0.3, -0.25) is 0 Å². The van der Waals surface area contributed by atoms with E-state index < -0.39 is 0 Å². The smallest absolute Gasteiger partial charge is 0.0998 e. The van der Waals surface area contributed by atoms with Crippen LogP contribution >= 0.6 is 0 Å². The van der Waals surface area contributed by atoms with Gasteiger partial charge in [0, 0.05) is 44.2 Å². The molecule has 1 atom stereocenters. The van der Waals surface area contributed by atoms with Crippen molar-refractivity contribution in [3.63, 3.8) is 0 Å². The Balaban J connectivity index is 1.31. The molecule has 0 saturated carbocycles. The minimum atomic E-state index is -0.000829. The summed E-state index contributed by atoms with van der Waals surface area (Å²) in [5.74, 6) is -0.000829. The number of hydrogen-bond donors (Lipinski definition) is 0. The normalized spacial score (nSPS) is 14.4. The summed E-state index contributed by atoms with van der Waals surface area (Å²) in [7, 11) is 0. The Morgan fingerprint density at radius 3 is 2.32 bits per heavy atom. The molecule has 5 aromatic carbocycles. The van der Waals surface area contributed by atoms with Crippen molar-refractivity contribution in [2.45, 2.75) is 27.2 Å². The Bertz CT molecular complexity index is 2900. The number of allylic oxidation sites excluding steroid dienone is 6. The van der Waals surface area contributed by atoms with Crippen LogP contribution < -0.4 is 0 Å². The molecule has 252 valence electrons. The van der Waals surface area contributed by atoms with Gasteiger partial charge in [-0.2, -0.15) is 15.8 Å². The van der Waals surface area contributed by atoms with Crippen LogP contribution in [0.25, 0.3) is 61.3 Å². The van der Waals surface area contributed by atoms with Crippen LogP contribution in [0.4, 0.5) is 0 Å². The van der Waals surface area contributed by atoms with Gasteiger partial charge in [-0.25, -0.2) is 0 Å². The Hall–Kier alpha value is -7.13. The van der Waals surface area contributed by atoms with Crippen molar-refractivity contribution in [2.24, 2.45) is 5.92 Å². The van der Waals surface area contributed by atoms with E-state index in [9.17, 15) is 15.8 Å². The lowest BCUT2D eigenvalue weighted by Crippen LogP contribution is -2.10. The number of nitrogens with zero attached hydrogens (tertiary/aromatic N) is 5. The van der Waals surface area contributed by atoms with Gasteiger partial charge < -0.3 is 9.13 Å². The van der Waals surface area contributed by atoms with Crippen LogP contribution in [-0.4, -0.2) is 9.13 Å². The maximum atomic E-state index is 10.6. The van der Waals surface area contributed by atoms with E-state index in [1.165, 1.54) is 0 Å². The third kappa shape index (κ3) is 5.46. The summed E-state index contributed by atoms with van der Waals surface area (Å²) in [6.07, 6.45) is 7.13. The van der Waals surface area contributed by atoms with Gasteiger partial charge in [0.05, 0.1) is 51.6 Å². The van der Waals surface area contributed by atoms with Crippen LogP contribution in [0.1, 0.15) is 53.8 Å². The monoisotopic (exact) mass is 681 g/mol. The fourth-order valence-corrected chi connectivity index (χ4v) is 7.99. The lowest BCUT2D eigenvalue weighted by molar-refractivity contribution is 0.722. The van der Waals surface area contributed by atoms with Crippen molar-refractivity contribution in [2.75, 3.05) is 0 Å². The molecule has 8 rings (SSSR count). The van der Waals surface area contributed by atoms with Crippen molar-refractivity contribution >= 4 is 49.9 Å². The summed E-state index contributed by atoms with van der Waals surface area (Å²) in [4.78, 5) is 0. The van der Waals surface area contributed by atoms with E-state index in [1.807, 2.05) is 49.4 Å². The van der Waals surface area contributed by atoms with Gasteiger partial charge in [-0.1, -0.05) is 85.8 Å². The highest BCUT2D eigenvalue weighted by molar-refractivity contribution is 6.12. The summed E-state index contributed by atoms with van der Waals surface area (Å²) >= 11 is 0. The van der Waals surface area contributed by atoms with E-state index in [-0.39, 0.29) is 5.92 Å². The third-order valence-corrected chi connectivity index (χ3v) is 10.4. The molecular formula is C48H35N5. The van der Waals surface area contributed by atoms with Gasteiger partial charge in [-0.05, 0) is 104 Å². The summed E-state index contributed by atoms with van der Waals surface area (Å²) in [5, 5.41) is 33.2. The second kappa shape index (κ2) is 13.2. The van der Waals surface area contributed by atoms with Gasteiger partial charge in [0.1, 0.15) is 0 Å². The largest absolute Gasteiger partial charge is 0.313 e. The zero-order valence-corrected chi connectivity index (χ0v) is 29.9. The van der Waals surface area contributed by atoms with Crippen LogP contribution in [0.2, 0.25) is 0 Å². The van der Waals surface area contributed by atoms with Crippen molar-refractivity contribution < 1.29 is 0 Å². The Labute approximate surface area is 309 Å². The van der Waals surface area contributed by atoms with E-state index in [4.69, 9.17) is 0 Å². The maximum absolute atomic E-state index is 10.6. The van der Waals surface area contributed by atoms with Crippen LogP contribution in [0.5, 0.6) is 0 Å². The number of benzene rings is 5. The first-order valence-corrected chi connectivity index (χ1v) is 17.7. The van der Waals surface area contributed by atoms with E-state index in [0.717, 1.165) is 95.2 Å². The van der Waals surface area contributed by atoms with Gasteiger partial charge in [0.15, 0.2) is 0 Å². The fourth-order valence-electron chi connectivity index (χ4n) is 7.99. The van der Waals surface area contributed by atoms with Crippen molar-refractivity contribution in [3.05, 3.63) is 173 Å². The maximum Gasteiger partial charge on any atom is 0.0998 e. The molecule has 7 aromatic rings. The first kappa shape index (κ1) is 33.0. The molecule has 1 aliphatic carbocycles. The quantitative estimate of drug-likeness (QED) is 0.164. The lowest BCUT2D eigenvalue weighted by Gasteiger charge is -2.25. The highest BCUT2D eigenvalue weighted by atomic mass is 15.0. The molecule has 2 heterocycles. The molecule has 0 amide bonds. The standard InChI is InChI=1S/C48H35N5/c1-30(2)19-21-38-32(4)52(44-16-7-5-14-39(38)44)45-17-8-6-15-40(45)41-26-36(23-31(3)43(41)29-51)34-11-9-13-37(25-34)53-46-22-20-33(27-49)24-42(46)48-35(28-50)12-10-18-47(48)53/h5-22,24-26,31H,1,23H2,2-4H3/b21-19-. The van der Waals surface area contributed by atoms with Gasteiger partial charge >= 0.3 is 0 Å². The zero-order valence-electron chi connectivity index (χ0n) is 29.9. The fraction of sp³-hybridized carbons (Fsp3) is 0.104. The van der Waals surface area contributed by atoms with Gasteiger partial charge in [-0.15, -0.1) is 0 Å². The van der Waals surface area contributed by atoms with Crippen molar-refractivity contribution in [3.8, 4) is 29.6 Å². The predicted molar refractivity (Wildman–Crippen MR) is 216 cm³/mol. The number of fused-ring (bicyclic) bond motifs is 4. The lowest BCUT2D eigenvalue weighted by atomic mass is 9.80. The molecule has 5 heteroatoms. The molecule has 53 heavy (non-hydrogen) atoms.